The second-order valence-electron chi connectivity index (χ2n) is 6.71. The molecule has 0 radical (unpaired) electrons. The van der Waals surface area contributed by atoms with Crippen LogP contribution in [0.1, 0.15) is 6.92 Å². The standard InChI is InChI=1S/C21H24N4O/c1-3-24-12-14-25(15-13-24)21-18-6-4-5-7-19(18)22-20(23-21)16-8-10-17(26-2)11-9-16/h4-11H,3,12-15H2,1-2H3/p+1. The molecule has 1 aliphatic rings. The van der Waals surface area contributed by atoms with Crippen molar-refractivity contribution in [2.75, 3.05) is 44.7 Å². The minimum atomic E-state index is 0.770. The van der Waals surface area contributed by atoms with Crippen molar-refractivity contribution in [2.45, 2.75) is 6.92 Å². The van der Waals surface area contributed by atoms with Gasteiger partial charge in [-0.25, -0.2) is 9.97 Å². The van der Waals surface area contributed by atoms with Gasteiger partial charge in [0.2, 0.25) is 0 Å². The van der Waals surface area contributed by atoms with Crippen LogP contribution in [0.15, 0.2) is 48.5 Å². The first-order valence-electron chi connectivity index (χ1n) is 9.28. The number of benzene rings is 2. The van der Waals surface area contributed by atoms with Gasteiger partial charge in [-0.2, -0.15) is 0 Å². The Hall–Kier alpha value is -2.66. The Bertz CT molecular complexity index is 886. The van der Waals surface area contributed by atoms with Gasteiger partial charge in [0.25, 0.3) is 0 Å². The van der Waals surface area contributed by atoms with Crippen molar-refractivity contribution in [1.82, 2.24) is 9.97 Å². The van der Waals surface area contributed by atoms with Crippen LogP contribution in [0.2, 0.25) is 0 Å². The molecule has 0 atom stereocenters. The van der Waals surface area contributed by atoms with E-state index in [0.29, 0.717) is 0 Å². The summed E-state index contributed by atoms with van der Waals surface area (Å²) in [6.07, 6.45) is 0. The molecule has 5 nitrogen and oxygen atoms in total. The molecule has 5 heteroatoms. The Kier molecular flexibility index (Phi) is 4.71. The van der Waals surface area contributed by atoms with Gasteiger partial charge in [-0.1, -0.05) is 12.1 Å². The van der Waals surface area contributed by atoms with Crippen LogP contribution in [0.4, 0.5) is 5.82 Å². The predicted octanol–water partition coefficient (Wildman–Crippen LogP) is 2.03. The normalized spacial score (nSPS) is 15.4. The van der Waals surface area contributed by atoms with E-state index < -0.39 is 0 Å². The SMILES string of the molecule is CC[NH+]1CCN(c2nc(-c3ccc(OC)cc3)nc3ccccc23)CC1. The summed E-state index contributed by atoms with van der Waals surface area (Å²) in [5, 5.41) is 1.13. The number of fused-ring (bicyclic) bond motifs is 1. The number of aromatic nitrogens is 2. The summed E-state index contributed by atoms with van der Waals surface area (Å²) in [5.41, 5.74) is 2.00. The van der Waals surface area contributed by atoms with E-state index >= 15 is 0 Å². The van der Waals surface area contributed by atoms with E-state index in [2.05, 4.69) is 30.0 Å². The fraction of sp³-hybridized carbons (Fsp3) is 0.333. The Balaban J connectivity index is 1.75. The number of ether oxygens (including phenoxy) is 1. The van der Waals surface area contributed by atoms with E-state index in [0.717, 1.165) is 60.0 Å². The van der Waals surface area contributed by atoms with Crippen molar-refractivity contribution in [1.29, 1.82) is 0 Å². The van der Waals surface area contributed by atoms with Crippen molar-refractivity contribution < 1.29 is 9.64 Å². The number of methoxy groups -OCH3 is 1. The second-order valence-corrected chi connectivity index (χ2v) is 6.71. The van der Waals surface area contributed by atoms with E-state index in [1.54, 1.807) is 12.0 Å². The number of rotatable bonds is 4. The molecule has 1 aliphatic heterocycles. The third-order valence-corrected chi connectivity index (χ3v) is 5.20. The van der Waals surface area contributed by atoms with Gasteiger partial charge < -0.3 is 14.5 Å². The number of piperazine rings is 1. The lowest BCUT2D eigenvalue weighted by Crippen LogP contribution is -3.14. The zero-order valence-electron chi connectivity index (χ0n) is 15.4. The summed E-state index contributed by atoms with van der Waals surface area (Å²) in [7, 11) is 1.68. The molecule has 4 rings (SSSR count). The van der Waals surface area contributed by atoms with Gasteiger partial charge in [-0.3, -0.25) is 0 Å². The quantitative estimate of drug-likeness (QED) is 0.783. The van der Waals surface area contributed by atoms with Crippen molar-refractivity contribution in [3.63, 3.8) is 0 Å². The van der Waals surface area contributed by atoms with Crippen LogP contribution in [0, 0.1) is 0 Å². The zero-order chi connectivity index (χ0) is 17.9. The molecule has 1 N–H and O–H groups in total. The topological polar surface area (TPSA) is 42.7 Å². The van der Waals surface area contributed by atoms with Crippen molar-refractivity contribution in [3.8, 4) is 17.1 Å². The molecule has 2 aromatic carbocycles. The summed E-state index contributed by atoms with van der Waals surface area (Å²) in [6.45, 7) is 7.83. The maximum Gasteiger partial charge on any atom is 0.162 e. The summed E-state index contributed by atoms with van der Waals surface area (Å²) in [5.74, 6) is 2.66. The van der Waals surface area contributed by atoms with Crippen LogP contribution in [-0.4, -0.2) is 49.8 Å². The number of likely N-dealkylation sites (N-methyl/N-ethyl adjacent to an activating group) is 1. The fourth-order valence-corrected chi connectivity index (χ4v) is 3.56. The molecule has 2 heterocycles. The fourth-order valence-electron chi connectivity index (χ4n) is 3.56. The molecule has 134 valence electrons. The van der Waals surface area contributed by atoms with Crippen LogP contribution in [0.25, 0.3) is 22.3 Å². The lowest BCUT2D eigenvalue weighted by molar-refractivity contribution is -0.898. The number of nitrogens with one attached hydrogen (secondary N) is 1. The van der Waals surface area contributed by atoms with Crippen LogP contribution < -0.4 is 14.5 Å². The molecule has 0 unspecified atom stereocenters. The molecule has 0 spiro atoms. The second kappa shape index (κ2) is 7.30. The first-order valence-corrected chi connectivity index (χ1v) is 9.28. The van der Waals surface area contributed by atoms with Crippen molar-refractivity contribution in [2.24, 2.45) is 0 Å². The predicted molar refractivity (Wildman–Crippen MR) is 105 cm³/mol. The molecule has 0 bridgehead atoms. The Morgan fingerprint density at radius 2 is 1.73 bits per heavy atom. The largest absolute Gasteiger partial charge is 0.497 e. The molecular formula is C21H25N4O+. The van der Waals surface area contributed by atoms with Gasteiger partial charge in [0.15, 0.2) is 5.82 Å². The first-order chi connectivity index (χ1) is 12.8. The molecule has 0 saturated carbocycles. The van der Waals surface area contributed by atoms with Crippen LogP contribution >= 0.6 is 0 Å². The smallest absolute Gasteiger partial charge is 0.162 e. The highest BCUT2D eigenvalue weighted by Gasteiger charge is 2.22. The minimum absolute atomic E-state index is 0.770. The number of anilines is 1. The molecule has 0 amide bonds. The Morgan fingerprint density at radius 3 is 2.42 bits per heavy atom. The number of hydrogen-bond acceptors (Lipinski definition) is 4. The van der Waals surface area contributed by atoms with E-state index in [1.807, 2.05) is 30.3 Å². The number of nitrogens with zero attached hydrogens (tertiary/aromatic N) is 3. The maximum absolute atomic E-state index is 5.26. The third-order valence-electron chi connectivity index (χ3n) is 5.20. The number of para-hydroxylation sites is 1. The van der Waals surface area contributed by atoms with Crippen LogP contribution in [-0.2, 0) is 0 Å². The van der Waals surface area contributed by atoms with Gasteiger partial charge in [-0.15, -0.1) is 0 Å². The van der Waals surface area contributed by atoms with Crippen LogP contribution in [0.5, 0.6) is 5.75 Å². The summed E-state index contributed by atoms with van der Waals surface area (Å²) >= 11 is 0. The summed E-state index contributed by atoms with van der Waals surface area (Å²) in [4.78, 5) is 13.8. The highest BCUT2D eigenvalue weighted by molar-refractivity contribution is 5.91. The maximum atomic E-state index is 5.26. The van der Waals surface area contributed by atoms with Gasteiger partial charge >= 0.3 is 0 Å². The van der Waals surface area contributed by atoms with Crippen LogP contribution in [0.3, 0.4) is 0 Å². The van der Waals surface area contributed by atoms with Crippen molar-refractivity contribution in [3.05, 3.63) is 48.5 Å². The molecule has 1 aromatic heterocycles. The van der Waals surface area contributed by atoms with Gasteiger partial charge in [0.05, 0.1) is 45.4 Å². The van der Waals surface area contributed by atoms with E-state index in [-0.39, 0.29) is 0 Å². The minimum Gasteiger partial charge on any atom is -0.497 e. The lowest BCUT2D eigenvalue weighted by Gasteiger charge is -2.33. The highest BCUT2D eigenvalue weighted by atomic mass is 16.5. The highest BCUT2D eigenvalue weighted by Crippen LogP contribution is 2.28. The Morgan fingerprint density at radius 1 is 1.00 bits per heavy atom. The van der Waals surface area contributed by atoms with Gasteiger partial charge in [-0.05, 0) is 43.3 Å². The average molecular weight is 349 g/mol. The summed E-state index contributed by atoms with van der Waals surface area (Å²) in [6, 6.07) is 16.3. The molecule has 26 heavy (non-hydrogen) atoms. The number of quaternary nitrogens is 1. The van der Waals surface area contributed by atoms with E-state index in [4.69, 9.17) is 14.7 Å². The lowest BCUT2D eigenvalue weighted by atomic mass is 10.1. The molecule has 0 aliphatic carbocycles. The summed E-state index contributed by atoms with van der Waals surface area (Å²) < 4.78 is 5.26. The average Bonchev–Trinajstić information content (AvgIpc) is 2.73. The molecule has 3 aromatic rings. The Labute approximate surface area is 154 Å². The molecule has 1 saturated heterocycles. The van der Waals surface area contributed by atoms with E-state index in [1.165, 1.54) is 6.54 Å². The van der Waals surface area contributed by atoms with Gasteiger partial charge in [0, 0.05) is 10.9 Å². The first kappa shape index (κ1) is 16.8. The molecule has 1 fully saturated rings. The zero-order valence-corrected chi connectivity index (χ0v) is 15.4. The van der Waals surface area contributed by atoms with E-state index in [9.17, 15) is 0 Å². The third kappa shape index (κ3) is 3.22. The molecular weight excluding hydrogens is 324 g/mol. The number of hydrogen-bond donors (Lipinski definition) is 1. The van der Waals surface area contributed by atoms with Gasteiger partial charge in [0.1, 0.15) is 11.6 Å². The van der Waals surface area contributed by atoms with Crippen molar-refractivity contribution >= 4 is 16.7 Å². The monoisotopic (exact) mass is 349 g/mol.